The van der Waals surface area contributed by atoms with Crippen LogP contribution >= 0.6 is 12.4 Å². The van der Waals surface area contributed by atoms with E-state index in [1.807, 2.05) is 24.3 Å². The van der Waals surface area contributed by atoms with Crippen LogP contribution in [0.1, 0.15) is 24.5 Å². The lowest BCUT2D eigenvalue weighted by atomic mass is 9.95. The molecule has 2 aromatic heterocycles. The maximum absolute atomic E-state index is 12.2. The standard InChI is InChI=1S/C25H31N3O6.ClH/c1-15-10-18(12-27(3)24(15)30)23-26-21-11-17(4-6-20(16(2)29)25(31)32)5-7-22(21)28(23)13-19-14-33-8-9-34-19;/h5,7,10-12,16,19-20,29H,4,6,8-9,13-14H2,1-3H3,(H,31,32);1H/t16-,19?,20+;/m1./s1. The highest BCUT2D eigenvalue weighted by molar-refractivity contribution is 5.85. The minimum absolute atomic E-state index is 0. The molecule has 2 N–H and O–H groups in total. The van der Waals surface area contributed by atoms with Crippen molar-refractivity contribution in [3.05, 3.63) is 51.9 Å². The number of aryl methyl sites for hydroxylation is 3. The topological polar surface area (TPSA) is 116 Å². The molecule has 1 saturated heterocycles. The Hall–Kier alpha value is -2.72. The number of ether oxygens (including phenoxy) is 2. The predicted octanol–water partition coefficient (Wildman–Crippen LogP) is 2.56. The molecular weight excluding hydrogens is 474 g/mol. The number of aliphatic carboxylic acids is 1. The number of nitrogens with zero attached hydrogens (tertiary/aromatic N) is 3. The summed E-state index contributed by atoms with van der Waals surface area (Å²) in [6, 6.07) is 7.76. The molecule has 0 spiro atoms. The van der Waals surface area contributed by atoms with Gasteiger partial charge in [0.15, 0.2) is 0 Å². The van der Waals surface area contributed by atoms with Crippen LogP contribution in [0.4, 0.5) is 0 Å². The summed E-state index contributed by atoms with van der Waals surface area (Å²) in [6.07, 6.45) is 1.60. The van der Waals surface area contributed by atoms with Gasteiger partial charge in [0.1, 0.15) is 5.82 Å². The number of hydrogen-bond donors (Lipinski definition) is 2. The highest BCUT2D eigenvalue weighted by Gasteiger charge is 2.24. The number of benzene rings is 1. The second-order valence-electron chi connectivity index (χ2n) is 8.99. The van der Waals surface area contributed by atoms with Crippen LogP contribution in [-0.2, 0) is 34.3 Å². The van der Waals surface area contributed by atoms with Crippen LogP contribution in [0.3, 0.4) is 0 Å². The highest BCUT2D eigenvalue weighted by Crippen LogP contribution is 2.27. The molecule has 0 bridgehead atoms. The Morgan fingerprint density at radius 3 is 2.69 bits per heavy atom. The number of aromatic nitrogens is 3. The fourth-order valence-electron chi connectivity index (χ4n) is 4.47. The normalized spacial score (nSPS) is 17.7. The molecule has 10 heteroatoms. The van der Waals surface area contributed by atoms with Gasteiger partial charge in [-0.15, -0.1) is 12.4 Å². The first-order valence-corrected chi connectivity index (χ1v) is 11.5. The lowest BCUT2D eigenvalue weighted by Gasteiger charge is -2.24. The van der Waals surface area contributed by atoms with Crippen LogP contribution in [-0.4, -0.2) is 62.3 Å². The number of carboxylic acids is 1. The third kappa shape index (κ3) is 5.92. The lowest BCUT2D eigenvalue weighted by Crippen LogP contribution is -2.32. The molecule has 35 heavy (non-hydrogen) atoms. The highest BCUT2D eigenvalue weighted by atomic mass is 35.5. The Kier molecular flexibility index (Phi) is 8.71. The van der Waals surface area contributed by atoms with Gasteiger partial charge in [-0.1, -0.05) is 6.07 Å². The number of carboxylic acid groups (broad SMARTS) is 1. The van der Waals surface area contributed by atoms with Crippen LogP contribution in [0.25, 0.3) is 22.4 Å². The van der Waals surface area contributed by atoms with E-state index in [-0.39, 0.29) is 24.1 Å². The number of hydrogen-bond acceptors (Lipinski definition) is 6. The first kappa shape index (κ1) is 26.9. The van der Waals surface area contributed by atoms with Gasteiger partial charge in [0, 0.05) is 24.4 Å². The van der Waals surface area contributed by atoms with Gasteiger partial charge in [0.05, 0.1) is 55.5 Å². The molecule has 1 aliphatic rings. The second-order valence-corrected chi connectivity index (χ2v) is 8.99. The third-order valence-electron chi connectivity index (χ3n) is 6.35. The van der Waals surface area contributed by atoms with Gasteiger partial charge in [-0.25, -0.2) is 4.98 Å². The summed E-state index contributed by atoms with van der Waals surface area (Å²) in [4.78, 5) is 28.6. The first-order valence-electron chi connectivity index (χ1n) is 11.5. The van der Waals surface area contributed by atoms with Crippen molar-refractivity contribution in [2.45, 2.75) is 45.4 Å². The average molecular weight is 506 g/mol. The summed E-state index contributed by atoms with van der Waals surface area (Å²) in [5.41, 5.74) is 4.06. The summed E-state index contributed by atoms with van der Waals surface area (Å²) >= 11 is 0. The number of carbonyl (C=O) groups is 1. The molecular formula is C25H32ClN3O6. The summed E-state index contributed by atoms with van der Waals surface area (Å²) in [5.74, 6) is -1.09. The summed E-state index contributed by atoms with van der Waals surface area (Å²) in [5, 5.41) is 19.1. The van der Waals surface area contributed by atoms with E-state index in [1.165, 1.54) is 6.92 Å². The van der Waals surface area contributed by atoms with Crippen molar-refractivity contribution in [1.82, 2.24) is 14.1 Å². The van der Waals surface area contributed by atoms with Gasteiger partial charge in [0.2, 0.25) is 0 Å². The minimum Gasteiger partial charge on any atom is -0.481 e. The van der Waals surface area contributed by atoms with E-state index in [0.29, 0.717) is 44.8 Å². The maximum atomic E-state index is 12.2. The summed E-state index contributed by atoms with van der Waals surface area (Å²) in [6.45, 7) is 5.47. The summed E-state index contributed by atoms with van der Waals surface area (Å²) < 4.78 is 15.1. The van der Waals surface area contributed by atoms with Crippen molar-refractivity contribution in [1.29, 1.82) is 0 Å². The molecule has 3 atom stereocenters. The summed E-state index contributed by atoms with van der Waals surface area (Å²) in [7, 11) is 1.73. The first-order chi connectivity index (χ1) is 16.2. The molecule has 190 valence electrons. The van der Waals surface area contributed by atoms with E-state index < -0.39 is 18.0 Å². The number of aliphatic hydroxyl groups excluding tert-OH is 1. The zero-order chi connectivity index (χ0) is 24.4. The van der Waals surface area contributed by atoms with Gasteiger partial charge in [-0.05, 0) is 50.5 Å². The van der Waals surface area contributed by atoms with E-state index in [0.717, 1.165) is 28.0 Å². The number of imidazole rings is 1. The molecule has 3 heterocycles. The molecule has 0 radical (unpaired) electrons. The van der Waals surface area contributed by atoms with Crippen LogP contribution in [0.5, 0.6) is 0 Å². The Morgan fingerprint density at radius 1 is 1.29 bits per heavy atom. The zero-order valence-electron chi connectivity index (χ0n) is 20.1. The van der Waals surface area contributed by atoms with Crippen molar-refractivity contribution in [2.75, 3.05) is 19.8 Å². The maximum Gasteiger partial charge on any atom is 0.309 e. The second kappa shape index (κ2) is 11.3. The van der Waals surface area contributed by atoms with Gasteiger partial charge in [-0.2, -0.15) is 0 Å². The number of halogens is 1. The molecule has 9 nitrogen and oxygen atoms in total. The molecule has 4 rings (SSSR count). The molecule has 0 amide bonds. The van der Waals surface area contributed by atoms with E-state index in [1.54, 1.807) is 24.7 Å². The molecule has 1 fully saturated rings. The van der Waals surface area contributed by atoms with E-state index in [9.17, 15) is 19.8 Å². The predicted molar refractivity (Wildman–Crippen MR) is 134 cm³/mol. The van der Waals surface area contributed by atoms with Crippen molar-refractivity contribution in [2.24, 2.45) is 13.0 Å². The van der Waals surface area contributed by atoms with E-state index in [4.69, 9.17) is 14.5 Å². The Morgan fingerprint density at radius 2 is 2.06 bits per heavy atom. The van der Waals surface area contributed by atoms with Gasteiger partial charge < -0.3 is 28.8 Å². The number of fused-ring (bicyclic) bond motifs is 1. The fourth-order valence-corrected chi connectivity index (χ4v) is 4.47. The quantitative estimate of drug-likeness (QED) is 0.483. The number of rotatable bonds is 8. The monoisotopic (exact) mass is 505 g/mol. The fraction of sp³-hybridized carbons (Fsp3) is 0.480. The lowest BCUT2D eigenvalue weighted by molar-refractivity contribution is -0.145. The van der Waals surface area contributed by atoms with E-state index >= 15 is 0 Å². The minimum atomic E-state index is -0.998. The Labute approximate surface area is 209 Å². The number of pyridine rings is 1. The van der Waals surface area contributed by atoms with Crippen LogP contribution in [0, 0.1) is 12.8 Å². The Balaban J connectivity index is 0.00000342. The number of aliphatic hydroxyl groups is 1. The Bertz CT molecular complexity index is 1220. The van der Waals surface area contributed by atoms with Gasteiger partial charge >= 0.3 is 5.97 Å². The van der Waals surface area contributed by atoms with Crippen LogP contribution in [0.15, 0.2) is 35.3 Å². The average Bonchev–Trinajstić information content (AvgIpc) is 3.15. The molecule has 0 aliphatic carbocycles. The largest absolute Gasteiger partial charge is 0.481 e. The molecule has 1 aromatic carbocycles. The SMILES string of the molecule is Cc1cc(-c2nc3cc(CC[C@H](C(=O)O)[C@@H](C)O)ccc3n2CC2COCCO2)cn(C)c1=O.Cl. The van der Waals surface area contributed by atoms with Crippen molar-refractivity contribution >= 4 is 29.4 Å². The van der Waals surface area contributed by atoms with Crippen LogP contribution < -0.4 is 5.56 Å². The zero-order valence-corrected chi connectivity index (χ0v) is 21.0. The van der Waals surface area contributed by atoms with Crippen molar-refractivity contribution in [3.63, 3.8) is 0 Å². The smallest absolute Gasteiger partial charge is 0.309 e. The molecule has 1 aliphatic heterocycles. The third-order valence-corrected chi connectivity index (χ3v) is 6.35. The van der Waals surface area contributed by atoms with Gasteiger partial charge in [0.25, 0.3) is 5.56 Å². The molecule has 1 unspecified atom stereocenters. The van der Waals surface area contributed by atoms with Gasteiger partial charge in [-0.3, -0.25) is 9.59 Å². The van der Waals surface area contributed by atoms with Crippen molar-refractivity contribution < 1.29 is 24.5 Å². The van der Waals surface area contributed by atoms with E-state index in [2.05, 4.69) is 4.57 Å². The molecule has 0 saturated carbocycles. The van der Waals surface area contributed by atoms with Crippen LogP contribution in [0.2, 0.25) is 0 Å². The van der Waals surface area contributed by atoms with Crippen molar-refractivity contribution in [3.8, 4) is 11.4 Å². The molecule has 3 aromatic rings.